The number of carbonyl (C=O) groups is 1. The quantitative estimate of drug-likeness (QED) is 0.736. The van der Waals surface area contributed by atoms with Gasteiger partial charge in [0.05, 0.1) is 28.9 Å². The Morgan fingerprint density at radius 2 is 2.03 bits per heavy atom. The highest BCUT2D eigenvalue weighted by Gasteiger charge is 2.40. The molecule has 1 N–H and O–H groups in total. The molecule has 2 fully saturated rings. The molecule has 0 spiro atoms. The topological polar surface area (TPSA) is 84.0 Å². The molecule has 150 valence electrons. The van der Waals surface area contributed by atoms with Gasteiger partial charge < -0.3 is 9.64 Å². The smallest absolute Gasteiger partial charge is 0.256 e. The number of H-pyrrole nitrogens is 1. The average Bonchev–Trinajstić information content (AvgIpc) is 3.28. The van der Waals surface area contributed by atoms with E-state index < -0.39 is 0 Å². The average molecular weight is 391 g/mol. The lowest BCUT2D eigenvalue weighted by atomic mass is 10.1. The Hall–Kier alpha value is -2.80. The fourth-order valence-electron chi connectivity index (χ4n) is 4.18. The molecular formula is C22H25N5O2. The van der Waals surface area contributed by atoms with Crippen molar-refractivity contribution in [3.8, 4) is 0 Å². The van der Waals surface area contributed by atoms with Crippen LogP contribution in [0, 0.1) is 13.8 Å². The van der Waals surface area contributed by atoms with Gasteiger partial charge in [0.1, 0.15) is 5.82 Å². The van der Waals surface area contributed by atoms with Crippen molar-refractivity contribution in [1.29, 1.82) is 0 Å². The van der Waals surface area contributed by atoms with Crippen LogP contribution in [-0.4, -0.2) is 50.7 Å². The third-order valence-electron chi connectivity index (χ3n) is 6.03. The van der Waals surface area contributed by atoms with Gasteiger partial charge in [-0.3, -0.25) is 14.9 Å². The summed E-state index contributed by atoms with van der Waals surface area (Å²) in [6, 6.07) is 7.90. The Morgan fingerprint density at radius 3 is 2.79 bits per heavy atom. The van der Waals surface area contributed by atoms with E-state index in [0.717, 1.165) is 46.7 Å². The summed E-state index contributed by atoms with van der Waals surface area (Å²) in [6.45, 7) is 4.47. The number of rotatable bonds is 4. The fraction of sp³-hybridized carbons (Fsp3) is 0.455. The zero-order chi connectivity index (χ0) is 20.1. The first kappa shape index (κ1) is 18.2. The summed E-state index contributed by atoms with van der Waals surface area (Å²) < 4.78 is 5.59. The molecule has 0 bridgehead atoms. The van der Waals surface area contributed by atoms with E-state index in [1.165, 1.54) is 0 Å². The standard InChI is InChI=1S/C22H25N5O2/c1-12-4-7-18-15(8-12)9-17(13(2)23-18)22(28)27-11-16(29-3)10-19(27)21-24-20(25-26-21)14-5-6-14/h4,7-9,14,16,19H,5-6,10-11H2,1-3H3,(H,24,25,26)/t16-,19+/m1/s1. The van der Waals surface area contributed by atoms with Gasteiger partial charge in [0, 0.05) is 31.4 Å². The van der Waals surface area contributed by atoms with Crippen LogP contribution in [0.3, 0.4) is 0 Å². The summed E-state index contributed by atoms with van der Waals surface area (Å²) in [4.78, 5) is 24.8. The number of fused-ring (bicyclic) bond motifs is 1. The largest absolute Gasteiger partial charge is 0.380 e. The normalized spacial score (nSPS) is 21.8. The summed E-state index contributed by atoms with van der Waals surface area (Å²) in [5.41, 5.74) is 3.42. The Morgan fingerprint density at radius 1 is 1.21 bits per heavy atom. The number of aromatic amines is 1. The molecular weight excluding hydrogens is 366 g/mol. The van der Waals surface area contributed by atoms with E-state index in [1.54, 1.807) is 7.11 Å². The van der Waals surface area contributed by atoms with Crippen LogP contribution >= 0.6 is 0 Å². The molecule has 1 saturated carbocycles. The number of hydrogen-bond acceptors (Lipinski definition) is 5. The maximum absolute atomic E-state index is 13.6. The Kier molecular flexibility index (Phi) is 4.35. The van der Waals surface area contributed by atoms with Crippen LogP contribution in [0.2, 0.25) is 0 Å². The first-order valence-electron chi connectivity index (χ1n) is 10.2. The van der Waals surface area contributed by atoms with E-state index in [2.05, 4.69) is 21.2 Å². The van der Waals surface area contributed by atoms with Crippen LogP contribution in [0.1, 0.15) is 64.5 Å². The SMILES string of the molecule is CO[C@@H]1C[C@@H](c2nc(C3CC3)n[nH]2)N(C(=O)c2cc3cc(C)ccc3nc2C)C1. The van der Waals surface area contributed by atoms with Crippen LogP contribution in [0.15, 0.2) is 24.3 Å². The molecule has 0 unspecified atom stereocenters. The third kappa shape index (κ3) is 3.29. The van der Waals surface area contributed by atoms with Gasteiger partial charge in [0.15, 0.2) is 5.82 Å². The first-order valence-corrected chi connectivity index (χ1v) is 10.2. The molecule has 7 nitrogen and oxygen atoms in total. The van der Waals surface area contributed by atoms with Crippen molar-refractivity contribution in [1.82, 2.24) is 25.1 Å². The molecule has 1 aliphatic carbocycles. The highest BCUT2D eigenvalue weighted by molar-refractivity contribution is 5.99. The Bertz CT molecular complexity index is 1090. The number of nitrogens with one attached hydrogen (secondary N) is 1. The van der Waals surface area contributed by atoms with E-state index in [-0.39, 0.29) is 18.1 Å². The molecule has 2 aliphatic rings. The van der Waals surface area contributed by atoms with E-state index in [9.17, 15) is 4.79 Å². The first-order chi connectivity index (χ1) is 14.0. The van der Waals surface area contributed by atoms with Gasteiger partial charge in [-0.25, -0.2) is 4.98 Å². The van der Waals surface area contributed by atoms with Gasteiger partial charge >= 0.3 is 0 Å². The Balaban J connectivity index is 1.50. The number of nitrogens with zero attached hydrogens (tertiary/aromatic N) is 4. The van der Waals surface area contributed by atoms with Gasteiger partial charge in [-0.05, 0) is 44.9 Å². The van der Waals surface area contributed by atoms with Crippen molar-refractivity contribution in [3.63, 3.8) is 0 Å². The van der Waals surface area contributed by atoms with Gasteiger partial charge in [-0.1, -0.05) is 11.6 Å². The lowest BCUT2D eigenvalue weighted by molar-refractivity contribution is 0.0683. The number of hydrogen-bond donors (Lipinski definition) is 1. The Labute approximate surface area is 169 Å². The molecule has 3 heterocycles. The van der Waals surface area contributed by atoms with E-state index in [4.69, 9.17) is 9.72 Å². The molecule has 5 rings (SSSR count). The number of pyridine rings is 1. The number of ether oxygens (including phenoxy) is 1. The van der Waals surface area contributed by atoms with Crippen molar-refractivity contribution in [2.75, 3.05) is 13.7 Å². The summed E-state index contributed by atoms with van der Waals surface area (Å²) in [5.74, 6) is 2.06. The van der Waals surface area contributed by atoms with Crippen LogP contribution in [0.4, 0.5) is 0 Å². The number of methoxy groups -OCH3 is 1. The molecule has 1 aromatic carbocycles. The van der Waals surface area contributed by atoms with Crippen LogP contribution in [-0.2, 0) is 4.74 Å². The van der Waals surface area contributed by atoms with E-state index in [1.807, 2.05) is 36.9 Å². The predicted octanol–water partition coefficient (Wildman–Crippen LogP) is 3.45. The lowest BCUT2D eigenvalue weighted by Crippen LogP contribution is -2.33. The molecule has 7 heteroatoms. The number of aryl methyl sites for hydroxylation is 2. The number of carbonyl (C=O) groups excluding carboxylic acids is 1. The molecule has 29 heavy (non-hydrogen) atoms. The van der Waals surface area contributed by atoms with E-state index >= 15 is 0 Å². The van der Waals surface area contributed by atoms with Gasteiger partial charge in [-0.15, -0.1) is 0 Å². The summed E-state index contributed by atoms with van der Waals surface area (Å²) >= 11 is 0. The van der Waals surface area contributed by atoms with Gasteiger partial charge in [0.2, 0.25) is 0 Å². The lowest BCUT2D eigenvalue weighted by Gasteiger charge is -2.23. The second kappa shape index (κ2) is 6.91. The molecule has 1 amide bonds. The highest BCUT2D eigenvalue weighted by Crippen LogP contribution is 2.39. The van der Waals surface area contributed by atoms with Crippen molar-refractivity contribution >= 4 is 16.8 Å². The minimum absolute atomic E-state index is 0.0191. The molecule has 1 aliphatic heterocycles. The summed E-state index contributed by atoms with van der Waals surface area (Å²) in [5, 5.41) is 8.44. The molecule has 1 saturated heterocycles. The van der Waals surface area contributed by atoms with Crippen LogP contribution in [0.5, 0.6) is 0 Å². The summed E-state index contributed by atoms with van der Waals surface area (Å²) in [7, 11) is 1.69. The zero-order valence-electron chi connectivity index (χ0n) is 17.0. The molecule has 2 aromatic heterocycles. The van der Waals surface area contributed by atoms with Crippen LogP contribution < -0.4 is 0 Å². The maximum Gasteiger partial charge on any atom is 0.256 e. The highest BCUT2D eigenvalue weighted by atomic mass is 16.5. The maximum atomic E-state index is 13.6. The number of benzene rings is 1. The van der Waals surface area contributed by atoms with Crippen molar-refractivity contribution < 1.29 is 9.53 Å². The summed E-state index contributed by atoms with van der Waals surface area (Å²) in [6.07, 6.45) is 2.98. The molecule has 0 radical (unpaired) electrons. The number of likely N-dealkylation sites (tertiary alicyclic amines) is 1. The minimum atomic E-state index is -0.167. The number of aromatic nitrogens is 4. The van der Waals surface area contributed by atoms with Crippen molar-refractivity contribution in [3.05, 3.63) is 52.7 Å². The fourth-order valence-corrected chi connectivity index (χ4v) is 4.18. The second-order valence-corrected chi connectivity index (χ2v) is 8.24. The zero-order valence-corrected chi connectivity index (χ0v) is 17.0. The monoisotopic (exact) mass is 391 g/mol. The second-order valence-electron chi connectivity index (χ2n) is 8.24. The van der Waals surface area contributed by atoms with Gasteiger partial charge in [-0.2, -0.15) is 5.10 Å². The van der Waals surface area contributed by atoms with E-state index in [0.29, 0.717) is 24.4 Å². The van der Waals surface area contributed by atoms with Crippen LogP contribution in [0.25, 0.3) is 10.9 Å². The van der Waals surface area contributed by atoms with Gasteiger partial charge in [0.25, 0.3) is 5.91 Å². The van der Waals surface area contributed by atoms with Crippen molar-refractivity contribution in [2.24, 2.45) is 0 Å². The molecule has 3 aromatic rings. The minimum Gasteiger partial charge on any atom is -0.380 e. The third-order valence-corrected chi connectivity index (χ3v) is 6.03. The number of amides is 1. The van der Waals surface area contributed by atoms with Crippen molar-refractivity contribution in [2.45, 2.75) is 51.2 Å². The molecule has 2 atom stereocenters. The predicted molar refractivity (Wildman–Crippen MR) is 109 cm³/mol.